The lowest BCUT2D eigenvalue weighted by Gasteiger charge is -2.37. The van der Waals surface area contributed by atoms with Crippen molar-refractivity contribution < 1.29 is 14.0 Å². The van der Waals surface area contributed by atoms with Gasteiger partial charge in [-0.1, -0.05) is 18.2 Å². The van der Waals surface area contributed by atoms with Crippen molar-refractivity contribution in [2.75, 3.05) is 32.7 Å². The molecule has 6 nitrogen and oxygen atoms in total. The maximum absolute atomic E-state index is 12.7. The first-order valence-electron chi connectivity index (χ1n) is 9.68. The summed E-state index contributed by atoms with van der Waals surface area (Å²) in [5, 5.41) is 0.938. The average Bonchev–Trinajstić information content (AvgIpc) is 3.05. The van der Waals surface area contributed by atoms with E-state index in [-0.39, 0.29) is 23.9 Å². The molecule has 2 aromatic rings. The Morgan fingerprint density at radius 3 is 2.26 bits per heavy atom. The molecule has 2 amide bonds. The summed E-state index contributed by atoms with van der Waals surface area (Å²) in [6, 6.07) is 9.81. The molecule has 6 heteroatoms. The highest BCUT2D eigenvalue weighted by Crippen LogP contribution is 2.20. The van der Waals surface area contributed by atoms with E-state index in [1.165, 1.54) is 0 Å². The lowest BCUT2D eigenvalue weighted by atomic mass is 10.2. The normalized spacial score (nSPS) is 15.7. The minimum absolute atomic E-state index is 0.0804. The van der Waals surface area contributed by atoms with Crippen molar-refractivity contribution in [2.24, 2.45) is 0 Å². The van der Waals surface area contributed by atoms with Crippen LogP contribution in [0.2, 0.25) is 0 Å². The Morgan fingerprint density at radius 1 is 1.04 bits per heavy atom. The second kappa shape index (κ2) is 8.13. The van der Waals surface area contributed by atoms with Crippen LogP contribution in [-0.2, 0) is 4.79 Å². The van der Waals surface area contributed by atoms with Crippen LogP contribution in [0.1, 0.15) is 38.2 Å². The molecular weight excluding hydrogens is 342 g/mol. The van der Waals surface area contributed by atoms with E-state index in [0.29, 0.717) is 38.5 Å². The van der Waals surface area contributed by atoms with Crippen LogP contribution in [0.3, 0.4) is 0 Å². The summed E-state index contributed by atoms with van der Waals surface area (Å²) in [4.78, 5) is 31.2. The molecule has 2 heterocycles. The van der Waals surface area contributed by atoms with E-state index >= 15 is 0 Å². The summed E-state index contributed by atoms with van der Waals surface area (Å²) in [7, 11) is 0. The first-order valence-corrected chi connectivity index (χ1v) is 9.68. The van der Waals surface area contributed by atoms with Gasteiger partial charge in [-0.15, -0.1) is 0 Å². The zero-order chi connectivity index (χ0) is 19.6. The largest absolute Gasteiger partial charge is 0.451 e. The third-order valence-electron chi connectivity index (χ3n) is 5.06. The summed E-state index contributed by atoms with van der Waals surface area (Å²) in [5.41, 5.74) is 0.729. The quantitative estimate of drug-likeness (QED) is 0.811. The number of rotatable bonds is 5. The van der Waals surface area contributed by atoms with Gasteiger partial charge in [-0.05, 0) is 39.8 Å². The Bertz CT molecular complexity index is 763. The van der Waals surface area contributed by atoms with Crippen LogP contribution in [0.4, 0.5) is 0 Å². The lowest BCUT2D eigenvalue weighted by molar-refractivity contribution is -0.136. The fourth-order valence-electron chi connectivity index (χ4n) is 3.80. The van der Waals surface area contributed by atoms with E-state index in [2.05, 4.69) is 4.90 Å². The van der Waals surface area contributed by atoms with Crippen molar-refractivity contribution in [3.8, 4) is 0 Å². The highest BCUT2D eigenvalue weighted by atomic mass is 16.3. The SMILES string of the molecule is CC(C)N(C(=O)CN1CCN(C(=O)c2cc3ccccc3o2)CC1)C(C)C. The molecule has 0 aliphatic carbocycles. The average molecular weight is 371 g/mol. The summed E-state index contributed by atoms with van der Waals surface area (Å²) < 4.78 is 5.69. The van der Waals surface area contributed by atoms with Gasteiger partial charge in [0, 0.05) is 43.6 Å². The Kier molecular flexibility index (Phi) is 5.85. The molecule has 0 N–H and O–H groups in total. The van der Waals surface area contributed by atoms with Crippen molar-refractivity contribution in [1.29, 1.82) is 0 Å². The standard InChI is InChI=1S/C21H29N3O3/c1-15(2)24(16(3)4)20(25)14-22-9-11-23(12-10-22)21(26)19-13-17-7-5-6-8-18(17)27-19/h5-8,13,15-16H,9-12,14H2,1-4H3. The highest BCUT2D eigenvalue weighted by molar-refractivity contribution is 5.96. The third kappa shape index (κ3) is 4.33. The molecule has 27 heavy (non-hydrogen) atoms. The number of carbonyl (C=O) groups excluding carboxylic acids is 2. The molecule has 1 saturated heterocycles. The number of benzene rings is 1. The summed E-state index contributed by atoms with van der Waals surface area (Å²) in [6.45, 7) is 11.2. The Labute approximate surface area is 160 Å². The molecule has 0 radical (unpaired) electrons. The molecular formula is C21H29N3O3. The van der Waals surface area contributed by atoms with Crippen molar-refractivity contribution in [3.63, 3.8) is 0 Å². The molecule has 3 rings (SSSR count). The zero-order valence-electron chi connectivity index (χ0n) is 16.6. The van der Waals surface area contributed by atoms with Crippen LogP contribution < -0.4 is 0 Å². The molecule has 1 aliphatic heterocycles. The molecule has 0 saturated carbocycles. The molecule has 1 fully saturated rings. The number of piperazine rings is 1. The van der Waals surface area contributed by atoms with Crippen molar-refractivity contribution in [2.45, 2.75) is 39.8 Å². The van der Waals surface area contributed by atoms with E-state index in [4.69, 9.17) is 4.42 Å². The number of furan rings is 1. The van der Waals surface area contributed by atoms with Crippen LogP contribution in [0.15, 0.2) is 34.7 Å². The summed E-state index contributed by atoms with van der Waals surface area (Å²) >= 11 is 0. The van der Waals surface area contributed by atoms with Crippen LogP contribution in [0.5, 0.6) is 0 Å². The predicted octanol–water partition coefficient (Wildman–Crippen LogP) is 2.84. The topological polar surface area (TPSA) is 57.0 Å². The van der Waals surface area contributed by atoms with Gasteiger partial charge in [0.1, 0.15) is 5.58 Å². The van der Waals surface area contributed by atoms with Gasteiger partial charge in [0.15, 0.2) is 5.76 Å². The van der Waals surface area contributed by atoms with Gasteiger partial charge in [0.2, 0.25) is 5.91 Å². The van der Waals surface area contributed by atoms with Gasteiger partial charge in [0.25, 0.3) is 5.91 Å². The number of hydrogen-bond donors (Lipinski definition) is 0. The summed E-state index contributed by atoms with van der Waals surface area (Å²) in [5.74, 6) is 0.451. The molecule has 1 aliphatic rings. The number of fused-ring (bicyclic) bond motifs is 1. The minimum atomic E-state index is -0.0804. The summed E-state index contributed by atoms with van der Waals surface area (Å²) in [6.07, 6.45) is 0. The number of carbonyl (C=O) groups is 2. The molecule has 1 aromatic heterocycles. The van der Waals surface area contributed by atoms with E-state index in [1.807, 2.05) is 56.9 Å². The lowest BCUT2D eigenvalue weighted by Crippen LogP contribution is -2.53. The zero-order valence-corrected chi connectivity index (χ0v) is 16.6. The Hall–Kier alpha value is -2.34. The number of nitrogens with zero attached hydrogens (tertiary/aromatic N) is 3. The van der Waals surface area contributed by atoms with Crippen molar-refractivity contribution >= 4 is 22.8 Å². The van der Waals surface area contributed by atoms with E-state index < -0.39 is 0 Å². The smallest absolute Gasteiger partial charge is 0.289 e. The van der Waals surface area contributed by atoms with E-state index in [0.717, 1.165) is 11.0 Å². The fraction of sp³-hybridized carbons (Fsp3) is 0.524. The minimum Gasteiger partial charge on any atom is -0.451 e. The van der Waals surface area contributed by atoms with Crippen molar-refractivity contribution in [3.05, 3.63) is 36.1 Å². The maximum atomic E-state index is 12.7. The van der Waals surface area contributed by atoms with Gasteiger partial charge in [-0.3, -0.25) is 14.5 Å². The van der Waals surface area contributed by atoms with Crippen LogP contribution in [0, 0.1) is 0 Å². The predicted molar refractivity (Wildman–Crippen MR) is 106 cm³/mol. The van der Waals surface area contributed by atoms with Crippen LogP contribution in [0.25, 0.3) is 11.0 Å². The molecule has 0 bridgehead atoms. The fourth-order valence-corrected chi connectivity index (χ4v) is 3.80. The molecule has 1 aromatic carbocycles. The van der Waals surface area contributed by atoms with Crippen LogP contribution >= 0.6 is 0 Å². The first kappa shape index (κ1) is 19.4. The molecule has 0 spiro atoms. The van der Waals surface area contributed by atoms with Crippen LogP contribution in [-0.4, -0.2) is 71.3 Å². The highest BCUT2D eigenvalue weighted by Gasteiger charge is 2.27. The van der Waals surface area contributed by atoms with Crippen molar-refractivity contribution in [1.82, 2.24) is 14.7 Å². The van der Waals surface area contributed by atoms with E-state index in [9.17, 15) is 9.59 Å². The monoisotopic (exact) mass is 371 g/mol. The Morgan fingerprint density at radius 2 is 1.67 bits per heavy atom. The van der Waals surface area contributed by atoms with Gasteiger partial charge in [-0.2, -0.15) is 0 Å². The number of para-hydroxylation sites is 1. The number of hydrogen-bond acceptors (Lipinski definition) is 4. The number of amides is 2. The molecule has 146 valence electrons. The maximum Gasteiger partial charge on any atom is 0.289 e. The molecule has 0 unspecified atom stereocenters. The first-order chi connectivity index (χ1) is 12.9. The van der Waals surface area contributed by atoms with Gasteiger partial charge in [0.05, 0.1) is 6.54 Å². The second-order valence-electron chi connectivity index (χ2n) is 7.71. The van der Waals surface area contributed by atoms with Gasteiger partial charge >= 0.3 is 0 Å². The third-order valence-corrected chi connectivity index (χ3v) is 5.06. The molecule has 0 atom stereocenters. The second-order valence-corrected chi connectivity index (χ2v) is 7.71. The van der Waals surface area contributed by atoms with E-state index in [1.54, 1.807) is 11.0 Å². The van der Waals surface area contributed by atoms with Gasteiger partial charge in [-0.25, -0.2) is 0 Å². The van der Waals surface area contributed by atoms with Gasteiger partial charge < -0.3 is 14.2 Å². The Balaban J connectivity index is 1.56.